The first-order chi connectivity index (χ1) is 21.6. The Balaban J connectivity index is 1.26. The zero-order valence-corrected chi connectivity index (χ0v) is 24.0. The van der Waals surface area contributed by atoms with E-state index in [1.54, 1.807) is 6.08 Å². The van der Waals surface area contributed by atoms with Crippen LogP contribution in [0.2, 0.25) is 0 Å². The lowest BCUT2D eigenvalue weighted by Gasteiger charge is -2.29. The number of benzene rings is 7. The van der Waals surface area contributed by atoms with Crippen molar-refractivity contribution < 1.29 is 9.59 Å². The van der Waals surface area contributed by atoms with Crippen molar-refractivity contribution in [2.24, 2.45) is 0 Å². The summed E-state index contributed by atoms with van der Waals surface area (Å²) in [5.74, 6) is -2.08. The Hall–Kier alpha value is -5.60. The molecule has 0 bridgehead atoms. The lowest BCUT2D eigenvalue weighted by molar-refractivity contribution is -0.137. The van der Waals surface area contributed by atoms with Gasteiger partial charge in [-0.2, -0.15) is 0 Å². The predicted octanol–water partition coefficient (Wildman–Crippen LogP) is 10.0. The summed E-state index contributed by atoms with van der Waals surface area (Å²) in [6, 6.07) is 48.2. The number of hydrogen-bond acceptors (Lipinski definition) is 2. The summed E-state index contributed by atoms with van der Waals surface area (Å²) >= 11 is 0. The number of Topliss-reactive ketones (excluding diaryl/α,β-unsaturated/α-hetero) is 2. The van der Waals surface area contributed by atoms with Gasteiger partial charge in [0.25, 0.3) is 0 Å². The van der Waals surface area contributed by atoms with Gasteiger partial charge in [0.15, 0.2) is 0 Å². The van der Waals surface area contributed by atoms with Gasteiger partial charge in [0, 0.05) is 0 Å². The second-order valence-electron chi connectivity index (χ2n) is 11.6. The van der Waals surface area contributed by atoms with Crippen molar-refractivity contribution in [3.63, 3.8) is 0 Å². The van der Waals surface area contributed by atoms with E-state index in [4.69, 9.17) is 0 Å². The van der Waals surface area contributed by atoms with Crippen LogP contribution < -0.4 is 0 Å². The van der Waals surface area contributed by atoms with Crippen LogP contribution in [0.3, 0.4) is 0 Å². The summed E-state index contributed by atoms with van der Waals surface area (Å²) < 4.78 is 0. The number of fused-ring (bicyclic) bond motifs is 5. The Kier molecular flexibility index (Phi) is 6.09. The normalized spacial score (nSPS) is 16.4. The second kappa shape index (κ2) is 10.3. The molecular formula is C42H28O2. The topological polar surface area (TPSA) is 34.1 Å². The molecule has 0 aliphatic heterocycles. The predicted molar refractivity (Wildman–Crippen MR) is 181 cm³/mol. The number of carbonyl (C=O) groups excluding carboxylic acids is 2. The van der Waals surface area contributed by atoms with Gasteiger partial charge in [-0.1, -0.05) is 127 Å². The van der Waals surface area contributed by atoms with Gasteiger partial charge in [-0.25, -0.2) is 0 Å². The molecule has 2 atom stereocenters. The molecule has 2 heteroatoms. The Labute approximate surface area is 255 Å². The molecular weight excluding hydrogens is 536 g/mol. The fourth-order valence-corrected chi connectivity index (χ4v) is 6.98. The van der Waals surface area contributed by atoms with E-state index in [1.165, 1.54) is 27.1 Å². The molecule has 7 aromatic rings. The lowest BCUT2D eigenvalue weighted by Crippen LogP contribution is -2.33. The molecule has 8 rings (SSSR count). The van der Waals surface area contributed by atoms with Crippen LogP contribution in [0.15, 0.2) is 152 Å². The largest absolute Gasteiger partial charge is 0.290 e. The van der Waals surface area contributed by atoms with Crippen LogP contribution in [-0.2, 0) is 9.59 Å². The zero-order chi connectivity index (χ0) is 29.8. The molecule has 0 aromatic heterocycles. The molecule has 0 heterocycles. The van der Waals surface area contributed by atoms with Gasteiger partial charge in [-0.05, 0) is 89.5 Å². The Morgan fingerprint density at radius 2 is 1.16 bits per heavy atom. The third-order valence-electron chi connectivity index (χ3n) is 9.14. The first-order valence-electron chi connectivity index (χ1n) is 15.0. The molecule has 0 N–H and O–H groups in total. The van der Waals surface area contributed by atoms with E-state index in [2.05, 4.69) is 104 Å². The Bertz CT molecular complexity index is 2310. The molecule has 0 spiro atoms. The zero-order valence-electron chi connectivity index (χ0n) is 24.0. The molecule has 1 aliphatic rings. The van der Waals surface area contributed by atoms with Crippen molar-refractivity contribution in [3.8, 4) is 22.3 Å². The number of carbonyl (C=O) groups is 2. The number of allylic oxidation sites excluding steroid dienone is 1. The second-order valence-corrected chi connectivity index (χ2v) is 11.6. The van der Waals surface area contributed by atoms with Gasteiger partial charge < -0.3 is 0 Å². The minimum Gasteiger partial charge on any atom is -0.290 e. The first-order valence-corrected chi connectivity index (χ1v) is 15.0. The molecule has 0 amide bonds. The minimum atomic E-state index is -0.665. The van der Waals surface area contributed by atoms with Gasteiger partial charge in [-0.3, -0.25) is 9.59 Å². The van der Waals surface area contributed by atoms with Gasteiger partial charge in [-0.15, -0.1) is 6.58 Å². The van der Waals surface area contributed by atoms with Crippen molar-refractivity contribution in [1.29, 1.82) is 0 Å². The lowest BCUT2D eigenvalue weighted by atomic mass is 9.71. The fraction of sp³-hybridized carbons (Fsp3) is 0.0476. The molecule has 208 valence electrons. The summed E-state index contributed by atoms with van der Waals surface area (Å²) in [7, 11) is 0. The van der Waals surface area contributed by atoms with E-state index in [0.29, 0.717) is 0 Å². The average Bonchev–Trinajstić information content (AvgIpc) is 3.08. The van der Waals surface area contributed by atoms with Crippen molar-refractivity contribution in [2.45, 2.75) is 11.8 Å². The Morgan fingerprint density at radius 3 is 1.98 bits per heavy atom. The molecule has 7 aromatic carbocycles. The summed E-state index contributed by atoms with van der Waals surface area (Å²) in [6.07, 6.45) is 1.61. The smallest absolute Gasteiger partial charge is 0.211 e. The molecule has 44 heavy (non-hydrogen) atoms. The molecule has 1 aliphatic carbocycles. The van der Waals surface area contributed by atoms with Gasteiger partial charge in [0.2, 0.25) is 11.6 Å². The minimum absolute atomic E-state index is 0.379. The van der Waals surface area contributed by atoms with Crippen LogP contribution in [0.1, 0.15) is 28.5 Å². The molecule has 0 radical (unpaired) electrons. The molecule has 2 unspecified atom stereocenters. The van der Waals surface area contributed by atoms with Crippen molar-refractivity contribution in [1.82, 2.24) is 0 Å². The maximum absolute atomic E-state index is 13.6. The standard InChI is InChI=1S/C42H28O2/c1-2-33-39-24-29(20-21-37(39)40(42(44)41(33)43)32-19-18-26-10-3-4-11-27(26)23-32)28-13-9-14-30(22-28)38-25-31-12-5-6-15-34(31)35-16-7-8-17-36(35)38/h2-25,33,40H,1H2. The molecule has 2 nitrogen and oxygen atoms in total. The quantitative estimate of drug-likeness (QED) is 0.121. The van der Waals surface area contributed by atoms with Crippen LogP contribution in [0.4, 0.5) is 0 Å². The maximum atomic E-state index is 13.6. The summed E-state index contributed by atoms with van der Waals surface area (Å²) in [5.41, 5.74) is 6.92. The van der Waals surface area contributed by atoms with Crippen LogP contribution >= 0.6 is 0 Å². The van der Waals surface area contributed by atoms with Crippen LogP contribution in [-0.4, -0.2) is 11.6 Å². The van der Waals surface area contributed by atoms with E-state index >= 15 is 0 Å². The monoisotopic (exact) mass is 564 g/mol. The van der Waals surface area contributed by atoms with Gasteiger partial charge >= 0.3 is 0 Å². The highest BCUT2D eigenvalue weighted by molar-refractivity contribution is 6.43. The summed E-state index contributed by atoms with van der Waals surface area (Å²) in [6.45, 7) is 3.94. The van der Waals surface area contributed by atoms with Gasteiger partial charge in [0.1, 0.15) is 0 Å². The van der Waals surface area contributed by atoms with E-state index < -0.39 is 17.6 Å². The first kappa shape index (κ1) is 26.1. The van der Waals surface area contributed by atoms with E-state index in [1.807, 2.05) is 42.5 Å². The van der Waals surface area contributed by atoms with Crippen LogP contribution in [0, 0.1) is 0 Å². The number of rotatable bonds is 4. The van der Waals surface area contributed by atoms with Crippen molar-refractivity contribution in [3.05, 3.63) is 169 Å². The fourth-order valence-electron chi connectivity index (χ4n) is 6.98. The number of ketones is 2. The maximum Gasteiger partial charge on any atom is 0.211 e. The highest BCUT2D eigenvalue weighted by Gasteiger charge is 2.40. The van der Waals surface area contributed by atoms with Crippen LogP contribution in [0.25, 0.3) is 54.6 Å². The van der Waals surface area contributed by atoms with E-state index in [9.17, 15) is 9.59 Å². The third-order valence-corrected chi connectivity index (χ3v) is 9.14. The highest BCUT2D eigenvalue weighted by Crippen LogP contribution is 2.42. The summed E-state index contributed by atoms with van der Waals surface area (Å²) in [4.78, 5) is 27.0. The van der Waals surface area contributed by atoms with E-state index in [0.717, 1.165) is 44.2 Å². The van der Waals surface area contributed by atoms with Crippen molar-refractivity contribution in [2.75, 3.05) is 0 Å². The highest BCUT2D eigenvalue weighted by atomic mass is 16.2. The molecule has 0 saturated heterocycles. The third kappa shape index (κ3) is 4.11. The van der Waals surface area contributed by atoms with Gasteiger partial charge in [0.05, 0.1) is 11.8 Å². The molecule has 0 saturated carbocycles. The van der Waals surface area contributed by atoms with E-state index in [-0.39, 0.29) is 5.78 Å². The average molecular weight is 565 g/mol. The summed E-state index contributed by atoms with van der Waals surface area (Å²) in [5, 5.41) is 7.04. The van der Waals surface area contributed by atoms with Crippen molar-refractivity contribution >= 4 is 43.9 Å². The number of hydrogen-bond donors (Lipinski definition) is 0. The SMILES string of the molecule is C=CC1C(=O)C(=O)C(c2ccc3ccccc3c2)c2ccc(-c3cccc(-c4cc5ccccc5c5ccccc45)c3)cc21. The Morgan fingerprint density at radius 1 is 0.477 bits per heavy atom. The molecule has 0 fully saturated rings. The van der Waals surface area contributed by atoms with Crippen LogP contribution in [0.5, 0.6) is 0 Å².